The molecule has 2 N–H and O–H groups in total. The van der Waals surface area contributed by atoms with Crippen molar-refractivity contribution in [3.63, 3.8) is 0 Å². The third-order valence-corrected chi connectivity index (χ3v) is 2.95. The fraction of sp³-hybridized carbons (Fsp3) is 0.467. The maximum Gasteiger partial charge on any atom is 0.412 e. The Morgan fingerprint density at radius 2 is 1.70 bits per heavy atom. The van der Waals surface area contributed by atoms with Crippen molar-refractivity contribution in [2.75, 3.05) is 5.32 Å². The number of carboxylic acids is 1. The molecule has 0 aliphatic heterocycles. The van der Waals surface area contributed by atoms with Gasteiger partial charge >= 0.3 is 12.1 Å². The van der Waals surface area contributed by atoms with Crippen LogP contribution < -0.4 is 5.32 Å². The minimum absolute atomic E-state index is 0.245. The number of anilines is 1. The molecule has 1 aromatic carbocycles. The second kappa shape index (κ2) is 5.53. The molecule has 1 rings (SSSR count). The van der Waals surface area contributed by atoms with Gasteiger partial charge in [-0.2, -0.15) is 0 Å². The van der Waals surface area contributed by atoms with E-state index in [-0.39, 0.29) is 5.56 Å². The molecule has 0 spiro atoms. The fourth-order valence-corrected chi connectivity index (χ4v) is 1.90. The number of carboxylic acid groups (broad SMARTS) is 1. The number of rotatable bonds is 2. The lowest BCUT2D eigenvalue weighted by molar-refractivity contribution is 0.0634. The molecule has 0 aliphatic carbocycles. The third kappa shape index (κ3) is 3.73. The number of aromatic carboxylic acids is 1. The summed E-state index contributed by atoms with van der Waals surface area (Å²) in [5, 5.41) is 11.8. The molecule has 0 saturated carbocycles. The Hall–Kier alpha value is -2.04. The Kier molecular flexibility index (Phi) is 4.43. The topological polar surface area (TPSA) is 75.6 Å². The summed E-state index contributed by atoms with van der Waals surface area (Å²) in [5.41, 5.74) is 2.32. The van der Waals surface area contributed by atoms with E-state index in [9.17, 15) is 9.59 Å². The first-order chi connectivity index (χ1) is 9.03. The lowest BCUT2D eigenvalue weighted by Gasteiger charge is -2.21. The molecule has 5 nitrogen and oxygen atoms in total. The molecule has 0 heterocycles. The predicted molar refractivity (Wildman–Crippen MR) is 77.5 cm³/mol. The maximum atomic E-state index is 11.8. The summed E-state index contributed by atoms with van der Waals surface area (Å²) in [6, 6.07) is 1.55. The summed E-state index contributed by atoms with van der Waals surface area (Å²) < 4.78 is 5.20. The Morgan fingerprint density at radius 1 is 1.15 bits per heavy atom. The van der Waals surface area contributed by atoms with Gasteiger partial charge in [0.15, 0.2) is 0 Å². The largest absolute Gasteiger partial charge is 0.478 e. The van der Waals surface area contributed by atoms with Crippen LogP contribution in [0.4, 0.5) is 10.5 Å². The van der Waals surface area contributed by atoms with Crippen LogP contribution in [0, 0.1) is 20.8 Å². The number of benzene rings is 1. The molecule has 110 valence electrons. The molecule has 0 aliphatic rings. The highest BCUT2D eigenvalue weighted by atomic mass is 16.6. The number of aryl methyl sites for hydroxylation is 1. The van der Waals surface area contributed by atoms with Gasteiger partial charge in [0, 0.05) is 0 Å². The molecule has 20 heavy (non-hydrogen) atoms. The average Bonchev–Trinajstić information content (AvgIpc) is 2.26. The third-order valence-electron chi connectivity index (χ3n) is 2.95. The molecule has 1 aromatic rings. The monoisotopic (exact) mass is 279 g/mol. The Morgan fingerprint density at radius 3 is 2.15 bits per heavy atom. The van der Waals surface area contributed by atoms with Crippen molar-refractivity contribution in [2.24, 2.45) is 0 Å². The zero-order valence-corrected chi connectivity index (χ0v) is 12.7. The highest BCUT2D eigenvalue weighted by Crippen LogP contribution is 2.27. The van der Waals surface area contributed by atoms with E-state index in [1.165, 1.54) is 0 Å². The number of nitrogens with one attached hydrogen (secondary N) is 1. The molecule has 5 heteroatoms. The zero-order chi connectivity index (χ0) is 15.7. The minimum atomic E-state index is -0.975. The lowest BCUT2D eigenvalue weighted by Crippen LogP contribution is -2.27. The Bertz CT molecular complexity index is 556. The van der Waals surface area contributed by atoms with E-state index in [2.05, 4.69) is 5.32 Å². The Balaban J connectivity index is 3.12. The van der Waals surface area contributed by atoms with Crippen molar-refractivity contribution in [2.45, 2.75) is 47.1 Å². The van der Waals surface area contributed by atoms with Crippen LogP contribution in [0.2, 0.25) is 0 Å². The second-order valence-electron chi connectivity index (χ2n) is 5.80. The van der Waals surface area contributed by atoms with Gasteiger partial charge in [0.1, 0.15) is 5.60 Å². The molecule has 0 fully saturated rings. The predicted octanol–water partition coefficient (Wildman–Crippen LogP) is 3.66. The van der Waals surface area contributed by atoms with Gasteiger partial charge in [-0.1, -0.05) is 0 Å². The first-order valence-corrected chi connectivity index (χ1v) is 6.37. The van der Waals surface area contributed by atoms with E-state index >= 15 is 0 Å². The highest BCUT2D eigenvalue weighted by Gasteiger charge is 2.20. The first kappa shape index (κ1) is 16.0. The number of ether oxygens (including phenoxy) is 1. The van der Waals surface area contributed by atoms with Crippen LogP contribution in [0.5, 0.6) is 0 Å². The highest BCUT2D eigenvalue weighted by molar-refractivity contribution is 5.93. The molecular weight excluding hydrogens is 258 g/mol. The second-order valence-corrected chi connectivity index (χ2v) is 5.80. The van der Waals surface area contributed by atoms with Crippen molar-refractivity contribution in [1.82, 2.24) is 0 Å². The number of carbonyl (C=O) groups excluding carboxylic acids is 1. The molecule has 1 amide bonds. The molecule has 0 saturated heterocycles. The summed E-state index contributed by atoms with van der Waals surface area (Å²) in [6.45, 7) is 10.6. The average molecular weight is 279 g/mol. The van der Waals surface area contributed by atoms with E-state index < -0.39 is 17.7 Å². The quantitative estimate of drug-likeness (QED) is 0.866. The van der Waals surface area contributed by atoms with Gasteiger partial charge in [-0.25, -0.2) is 9.59 Å². The molecule has 0 radical (unpaired) electrons. The van der Waals surface area contributed by atoms with Crippen molar-refractivity contribution in [3.05, 3.63) is 28.3 Å². The van der Waals surface area contributed by atoms with Crippen molar-refractivity contribution >= 4 is 17.7 Å². The van der Waals surface area contributed by atoms with E-state index in [0.29, 0.717) is 16.8 Å². The van der Waals surface area contributed by atoms with Gasteiger partial charge < -0.3 is 9.84 Å². The van der Waals surface area contributed by atoms with Crippen LogP contribution in [0.25, 0.3) is 0 Å². The molecule has 0 unspecified atom stereocenters. The lowest BCUT2D eigenvalue weighted by atomic mass is 9.97. The van der Waals surface area contributed by atoms with Crippen molar-refractivity contribution in [1.29, 1.82) is 0 Å². The number of carbonyl (C=O) groups is 2. The normalized spacial score (nSPS) is 11.1. The van der Waals surface area contributed by atoms with E-state index in [1.807, 2.05) is 0 Å². The smallest absolute Gasteiger partial charge is 0.412 e. The summed E-state index contributed by atoms with van der Waals surface area (Å²) >= 11 is 0. The van der Waals surface area contributed by atoms with E-state index in [4.69, 9.17) is 9.84 Å². The van der Waals surface area contributed by atoms with Crippen molar-refractivity contribution in [3.8, 4) is 0 Å². The molecule has 0 atom stereocenters. The molecule has 0 bridgehead atoms. The van der Waals surface area contributed by atoms with E-state index in [0.717, 1.165) is 5.56 Å². The number of hydrogen-bond acceptors (Lipinski definition) is 3. The van der Waals surface area contributed by atoms with Crippen LogP contribution in [-0.2, 0) is 4.74 Å². The van der Waals surface area contributed by atoms with Crippen molar-refractivity contribution < 1.29 is 19.4 Å². The summed E-state index contributed by atoms with van der Waals surface area (Å²) in [6.07, 6.45) is -0.550. The van der Waals surface area contributed by atoms with Gasteiger partial charge in [-0.3, -0.25) is 5.32 Å². The summed E-state index contributed by atoms with van der Waals surface area (Å²) in [5.74, 6) is -0.975. The molecule has 0 aromatic heterocycles. The Labute approximate surface area is 118 Å². The van der Waals surface area contributed by atoms with Gasteiger partial charge in [0.2, 0.25) is 0 Å². The number of amides is 1. The standard InChI is InChI=1S/C15H21NO4/c1-8-7-11(13(17)18)9(2)10(3)12(8)16-14(19)20-15(4,5)6/h7H,1-6H3,(H,16,19)(H,17,18). The first-order valence-electron chi connectivity index (χ1n) is 6.37. The van der Waals surface area contributed by atoms with Gasteiger partial charge in [-0.15, -0.1) is 0 Å². The summed E-state index contributed by atoms with van der Waals surface area (Å²) in [7, 11) is 0. The summed E-state index contributed by atoms with van der Waals surface area (Å²) in [4.78, 5) is 22.9. The minimum Gasteiger partial charge on any atom is -0.478 e. The maximum absolute atomic E-state index is 11.8. The van der Waals surface area contributed by atoms with Crippen LogP contribution in [0.3, 0.4) is 0 Å². The zero-order valence-electron chi connectivity index (χ0n) is 12.7. The molecular formula is C15H21NO4. The van der Waals surface area contributed by atoms with Gasteiger partial charge in [0.25, 0.3) is 0 Å². The van der Waals surface area contributed by atoms with Crippen LogP contribution in [-0.4, -0.2) is 22.8 Å². The number of hydrogen-bond donors (Lipinski definition) is 2. The van der Waals surface area contributed by atoms with Gasteiger partial charge in [-0.05, 0) is 64.3 Å². The fourth-order valence-electron chi connectivity index (χ4n) is 1.90. The van der Waals surface area contributed by atoms with Crippen LogP contribution in [0.1, 0.15) is 47.8 Å². The van der Waals surface area contributed by atoms with Gasteiger partial charge in [0.05, 0.1) is 11.3 Å². The SMILES string of the molecule is Cc1cc(C(=O)O)c(C)c(C)c1NC(=O)OC(C)(C)C. The van der Waals surface area contributed by atoms with Crippen LogP contribution >= 0.6 is 0 Å². The van der Waals surface area contributed by atoms with E-state index in [1.54, 1.807) is 47.6 Å². The van der Waals surface area contributed by atoms with Crippen LogP contribution in [0.15, 0.2) is 6.07 Å².